The zero-order valence-corrected chi connectivity index (χ0v) is 19.7. The van der Waals surface area contributed by atoms with E-state index in [9.17, 15) is 29.3 Å². The predicted octanol–water partition coefficient (Wildman–Crippen LogP) is 3.54. The molecule has 36 heavy (non-hydrogen) atoms. The van der Waals surface area contributed by atoms with E-state index in [2.05, 4.69) is 0 Å². The van der Waals surface area contributed by atoms with Crippen LogP contribution in [0.4, 0.5) is 17.1 Å². The van der Waals surface area contributed by atoms with Crippen LogP contribution >= 0.6 is 0 Å². The minimum absolute atomic E-state index is 0.0353. The van der Waals surface area contributed by atoms with E-state index >= 15 is 0 Å². The van der Waals surface area contributed by atoms with E-state index < -0.39 is 16.8 Å². The Morgan fingerprint density at radius 3 is 2.22 bits per heavy atom. The number of nitrogens with zero attached hydrogens (tertiary/aromatic N) is 3. The molecule has 0 N–H and O–H groups in total. The van der Waals surface area contributed by atoms with Gasteiger partial charge in [-0.2, -0.15) is 0 Å². The molecule has 1 saturated carbocycles. The average Bonchev–Trinajstić information content (AvgIpc) is 3.37. The van der Waals surface area contributed by atoms with Crippen molar-refractivity contribution in [2.24, 2.45) is 17.8 Å². The lowest BCUT2D eigenvalue weighted by Gasteiger charge is -2.19. The maximum absolute atomic E-state index is 12.9. The summed E-state index contributed by atoms with van der Waals surface area (Å²) in [6, 6.07) is 10.3. The van der Waals surface area contributed by atoms with E-state index in [1.807, 2.05) is 0 Å². The van der Waals surface area contributed by atoms with E-state index in [0.717, 1.165) is 25.7 Å². The Hall–Kier alpha value is -4.08. The van der Waals surface area contributed by atoms with Gasteiger partial charge in [0, 0.05) is 30.8 Å². The number of nitro groups is 1. The second kappa shape index (κ2) is 9.18. The van der Waals surface area contributed by atoms with Crippen LogP contribution in [-0.4, -0.2) is 35.2 Å². The third kappa shape index (κ3) is 4.12. The van der Waals surface area contributed by atoms with Crippen molar-refractivity contribution in [1.82, 2.24) is 0 Å². The molecular weight excluding hydrogens is 466 g/mol. The number of amides is 3. The summed E-state index contributed by atoms with van der Waals surface area (Å²) in [6.45, 7) is 1.86. The number of carbonyl (C=O) groups excluding carboxylic acids is 4. The fourth-order valence-electron chi connectivity index (χ4n) is 5.41. The molecule has 0 aromatic heterocycles. The summed E-state index contributed by atoms with van der Waals surface area (Å²) in [6.07, 6.45) is 3.34. The molecule has 2 heterocycles. The molecule has 2 saturated heterocycles. The van der Waals surface area contributed by atoms with Gasteiger partial charge in [0.1, 0.15) is 5.75 Å². The molecule has 2 aliphatic heterocycles. The van der Waals surface area contributed by atoms with Crippen LogP contribution in [0.15, 0.2) is 42.5 Å². The fourth-order valence-corrected chi connectivity index (χ4v) is 5.41. The number of esters is 1. The highest BCUT2D eigenvalue weighted by Gasteiger charge is 2.49. The van der Waals surface area contributed by atoms with Crippen LogP contribution in [0, 0.1) is 34.8 Å². The number of ether oxygens (including phenoxy) is 1. The lowest BCUT2D eigenvalue weighted by atomic mass is 9.81. The molecule has 2 aromatic carbocycles. The number of non-ortho nitro benzene ring substituents is 1. The zero-order chi connectivity index (χ0) is 25.6. The molecule has 10 heteroatoms. The van der Waals surface area contributed by atoms with E-state index in [-0.39, 0.29) is 54.0 Å². The number of benzene rings is 2. The van der Waals surface area contributed by atoms with Crippen molar-refractivity contribution in [1.29, 1.82) is 0 Å². The first-order valence-corrected chi connectivity index (χ1v) is 12.0. The van der Waals surface area contributed by atoms with Crippen LogP contribution in [0.3, 0.4) is 0 Å². The first-order chi connectivity index (χ1) is 17.2. The molecule has 0 spiro atoms. The van der Waals surface area contributed by atoms with Gasteiger partial charge in [-0.05, 0) is 55.7 Å². The molecule has 2 aromatic rings. The van der Waals surface area contributed by atoms with Gasteiger partial charge in [0.2, 0.25) is 17.7 Å². The molecule has 0 radical (unpaired) electrons. The largest absolute Gasteiger partial charge is 0.426 e. The molecule has 3 fully saturated rings. The van der Waals surface area contributed by atoms with Crippen LogP contribution in [-0.2, 0) is 19.2 Å². The second-order valence-electron chi connectivity index (χ2n) is 9.56. The van der Waals surface area contributed by atoms with E-state index in [0.29, 0.717) is 16.9 Å². The van der Waals surface area contributed by atoms with Gasteiger partial charge in [0.05, 0.1) is 28.4 Å². The molecule has 1 aliphatic carbocycles. The quantitative estimate of drug-likeness (QED) is 0.206. The highest BCUT2D eigenvalue weighted by Crippen LogP contribution is 2.41. The molecule has 10 nitrogen and oxygen atoms in total. The summed E-state index contributed by atoms with van der Waals surface area (Å²) in [5.41, 5.74) is 1.52. The second-order valence-corrected chi connectivity index (χ2v) is 9.56. The van der Waals surface area contributed by atoms with Crippen LogP contribution in [0.1, 0.15) is 37.7 Å². The molecule has 3 aliphatic rings. The summed E-state index contributed by atoms with van der Waals surface area (Å²) < 4.78 is 5.53. The minimum Gasteiger partial charge on any atom is -0.426 e. The third-order valence-corrected chi connectivity index (χ3v) is 7.30. The van der Waals surface area contributed by atoms with Gasteiger partial charge in [-0.3, -0.25) is 29.3 Å². The molecule has 3 atom stereocenters. The first kappa shape index (κ1) is 23.7. The van der Waals surface area contributed by atoms with Gasteiger partial charge in [0.15, 0.2) is 0 Å². The van der Waals surface area contributed by atoms with Gasteiger partial charge in [-0.1, -0.05) is 12.8 Å². The van der Waals surface area contributed by atoms with Crippen LogP contribution in [0.2, 0.25) is 0 Å². The number of carbonyl (C=O) groups is 4. The van der Waals surface area contributed by atoms with Crippen molar-refractivity contribution in [3.05, 3.63) is 58.1 Å². The highest BCUT2D eigenvalue weighted by molar-refractivity contribution is 6.22. The molecule has 5 rings (SSSR count). The smallest absolute Gasteiger partial charge is 0.316 e. The Balaban J connectivity index is 1.26. The topological polar surface area (TPSA) is 127 Å². The van der Waals surface area contributed by atoms with Gasteiger partial charge >= 0.3 is 5.97 Å². The number of hydrogen-bond acceptors (Lipinski definition) is 7. The summed E-state index contributed by atoms with van der Waals surface area (Å²) in [7, 11) is 0. The zero-order valence-electron chi connectivity index (χ0n) is 19.7. The SMILES string of the molecule is Cc1cc(OC(=O)[C@@H]2CC(=O)N(c3ccc([N+](=O)[O-])cc3)C2)ccc1N1C(=O)[C@H]2CCCC[C@@H]2C1=O. The van der Waals surface area contributed by atoms with Gasteiger partial charge in [-0.15, -0.1) is 0 Å². The van der Waals surface area contributed by atoms with Crippen molar-refractivity contribution in [3.8, 4) is 5.75 Å². The number of imide groups is 1. The van der Waals surface area contributed by atoms with Crippen molar-refractivity contribution < 1.29 is 28.8 Å². The van der Waals surface area contributed by atoms with Crippen molar-refractivity contribution in [2.75, 3.05) is 16.3 Å². The Kier molecular flexibility index (Phi) is 6.03. The summed E-state index contributed by atoms with van der Waals surface area (Å²) in [5.74, 6) is -2.09. The normalized spacial score (nSPS) is 23.7. The van der Waals surface area contributed by atoms with Crippen LogP contribution < -0.4 is 14.5 Å². The molecule has 186 valence electrons. The molecule has 0 bridgehead atoms. The molecule has 3 amide bonds. The highest BCUT2D eigenvalue weighted by atomic mass is 16.6. The maximum atomic E-state index is 12.9. The summed E-state index contributed by atoms with van der Waals surface area (Å²) >= 11 is 0. The predicted molar refractivity (Wildman–Crippen MR) is 128 cm³/mol. The Labute approximate surface area is 207 Å². The Bertz CT molecular complexity index is 1250. The lowest BCUT2D eigenvalue weighted by Crippen LogP contribution is -2.31. The fraction of sp³-hybridized carbons (Fsp3) is 0.385. The van der Waals surface area contributed by atoms with Gasteiger partial charge < -0.3 is 9.64 Å². The van der Waals surface area contributed by atoms with Crippen molar-refractivity contribution in [2.45, 2.75) is 39.0 Å². The maximum Gasteiger partial charge on any atom is 0.316 e. The standard InChI is InChI=1S/C26H25N3O7/c1-15-12-19(10-11-22(15)28-24(31)20-4-2-3-5-21(20)25(28)32)36-26(33)16-13-23(30)27(14-16)17-6-8-18(9-7-17)29(34)35/h6-12,16,20-21H,2-5,13-14H2,1H3/t16-,20+,21+/m1/s1. The monoisotopic (exact) mass is 491 g/mol. The first-order valence-electron chi connectivity index (χ1n) is 12.0. The Morgan fingerprint density at radius 2 is 1.64 bits per heavy atom. The van der Waals surface area contributed by atoms with E-state index in [1.165, 1.54) is 34.1 Å². The van der Waals surface area contributed by atoms with E-state index in [4.69, 9.17) is 4.74 Å². The van der Waals surface area contributed by atoms with E-state index in [1.54, 1.807) is 25.1 Å². The molecular formula is C26H25N3O7. The number of hydrogen-bond donors (Lipinski definition) is 0. The minimum atomic E-state index is -0.697. The number of nitro benzene ring substituents is 1. The number of fused-ring (bicyclic) bond motifs is 1. The number of anilines is 2. The summed E-state index contributed by atoms with van der Waals surface area (Å²) in [5, 5.41) is 10.9. The third-order valence-electron chi connectivity index (χ3n) is 7.30. The average molecular weight is 492 g/mol. The van der Waals surface area contributed by atoms with Crippen LogP contribution in [0.5, 0.6) is 5.75 Å². The number of aryl methyl sites for hydroxylation is 1. The summed E-state index contributed by atoms with van der Waals surface area (Å²) in [4.78, 5) is 64.1. The van der Waals surface area contributed by atoms with Crippen LogP contribution in [0.25, 0.3) is 0 Å². The Morgan fingerprint density at radius 1 is 1.00 bits per heavy atom. The van der Waals surface area contributed by atoms with Crippen molar-refractivity contribution in [3.63, 3.8) is 0 Å². The number of rotatable bonds is 5. The lowest BCUT2D eigenvalue weighted by molar-refractivity contribution is -0.384. The van der Waals surface area contributed by atoms with Crippen molar-refractivity contribution >= 4 is 40.8 Å². The molecule has 0 unspecified atom stereocenters. The van der Waals surface area contributed by atoms with Gasteiger partial charge in [-0.25, -0.2) is 4.90 Å². The van der Waals surface area contributed by atoms with Gasteiger partial charge in [0.25, 0.3) is 5.69 Å².